The van der Waals surface area contributed by atoms with E-state index in [1.54, 1.807) is 6.07 Å². The second-order valence-electron chi connectivity index (χ2n) is 7.95. The molecule has 5 nitrogen and oxygen atoms in total. The van der Waals surface area contributed by atoms with Gasteiger partial charge in [0, 0.05) is 10.9 Å². The Morgan fingerprint density at radius 3 is 2.28 bits per heavy atom. The van der Waals surface area contributed by atoms with E-state index in [1.807, 2.05) is 43.6 Å². The van der Waals surface area contributed by atoms with Crippen LogP contribution in [0.3, 0.4) is 0 Å². The first kappa shape index (κ1) is 21.3. The lowest BCUT2D eigenvalue weighted by atomic mass is 9.86. The first-order valence-corrected chi connectivity index (χ1v) is 9.89. The molecule has 3 rings (SSSR count). The van der Waals surface area contributed by atoms with Crippen molar-refractivity contribution in [1.29, 1.82) is 0 Å². The molecular formula is C20H22F3N3O2S. The van der Waals surface area contributed by atoms with Gasteiger partial charge in [-0.2, -0.15) is 13.2 Å². The van der Waals surface area contributed by atoms with Crippen LogP contribution in [0.15, 0.2) is 47.8 Å². The van der Waals surface area contributed by atoms with Gasteiger partial charge in [-0.05, 0) is 22.4 Å². The van der Waals surface area contributed by atoms with E-state index in [9.17, 15) is 22.8 Å². The Morgan fingerprint density at radius 2 is 1.76 bits per heavy atom. The van der Waals surface area contributed by atoms with Crippen LogP contribution in [0.4, 0.5) is 18.0 Å². The molecule has 2 aromatic rings. The zero-order valence-corrected chi connectivity index (χ0v) is 17.0. The first-order chi connectivity index (χ1) is 13.5. The smallest absolute Gasteiger partial charge is 0.312 e. The zero-order valence-electron chi connectivity index (χ0n) is 16.2. The maximum Gasteiger partial charge on any atom is 0.425 e. The van der Waals surface area contributed by atoms with Gasteiger partial charge in [0.25, 0.3) is 5.91 Å². The molecule has 1 aliphatic rings. The topological polar surface area (TPSA) is 61.4 Å². The normalized spacial score (nSPS) is 21.4. The van der Waals surface area contributed by atoms with Gasteiger partial charge in [0.2, 0.25) is 5.54 Å². The van der Waals surface area contributed by atoms with Gasteiger partial charge >= 0.3 is 12.2 Å². The zero-order chi connectivity index (χ0) is 21.4. The van der Waals surface area contributed by atoms with Gasteiger partial charge in [-0.25, -0.2) is 9.69 Å². The Bertz CT molecular complexity index is 879. The minimum Gasteiger partial charge on any atom is -0.312 e. The maximum atomic E-state index is 14.0. The van der Waals surface area contributed by atoms with E-state index in [0.29, 0.717) is 4.90 Å². The number of nitrogens with zero attached hydrogens (tertiary/aromatic N) is 1. The largest absolute Gasteiger partial charge is 0.425 e. The van der Waals surface area contributed by atoms with Crippen molar-refractivity contribution in [2.75, 3.05) is 6.67 Å². The predicted molar refractivity (Wildman–Crippen MR) is 104 cm³/mol. The van der Waals surface area contributed by atoms with Crippen molar-refractivity contribution in [2.24, 2.45) is 5.41 Å². The molecule has 2 N–H and O–H groups in total. The number of carbonyl (C=O) groups excluding carboxylic acids is 2. The lowest BCUT2D eigenvalue weighted by molar-refractivity contribution is -0.198. The van der Waals surface area contributed by atoms with Gasteiger partial charge in [-0.15, -0.1) is 11.3 Å². The summed E-state index contributed by atoms with van der Waals surface area (Å²) >= 11 is 1.50. The van der Waals surface area contributed by atoms with Crippen LogP contribution < -0.4 is 10.6 Å². The molecule has 0 aliphatic carbocycles. The number of imide groups is 1. The SMILES string of the molecule is CC(C)(C)C(NCN1C(=O)NC(c2ccccc2)(C(F)(F)F)C1=O)c1cccs1. The van der Waals surface area contributed by atoms with E-state index in [1.165, 1.54) is 35.6 Å². The number of amides is 3. The maximum absolute atomic E-state index is 14.0. The highest BCUT2D eigenvalue weighted by Crippen LogP contribution is 2.43. The number of rotatable bonds is 5. The molecule has 0 saturated carbocycles. The average molecular weight is 425 g/mol. The van der Waals surface area contributed by atoms with Crippen LogP contribution in [0.1, 0.15) is 37.3 Å². The van der Waals surface area contributed by atoms with Gasteiger partial charge in [-0.3, -0.25) is 10.1 Å². The standard InChI is InChI=1S/C20H22F3N3O2S/c1-18(2,3)15(14-10-7-11-29-14)24-12-26-16(27)19(20(21,22)23,25-17(26)28)13-8-5-4-6-9-13/h4-11,15,24H,12H2,1-3H3,(H,25,28). The fourth-order valence-electron chi connectivity index (χ4n) is 3.43. The Kier molecular flexibility index (Phi) is 5.48. The van der Waals surface area contributed by atoms with Crippen molar-refractivity contribution in [3.05, 3.63) is 58.3 Å². The lowest BCUT2D eigenvalue weighted by Gasteiger charge is -2.32. The molecule has 2 unspecified atom stereocenters. The van der Waals surface area contributed by atoms with Crippen molar-refractivity contribution >= 4 is 23.3 Å². The van der Waals surface area contributed by atoms with Crippen LogP contribution in [0.25, 0.3) is 0 Å². The molecule has 1 fully saturated rings. The number of carbonyl (C=O) groups is 2. The lowest BCUT2D eigenvalue weighted by Crippen LogP contribution is -2.56. The second-order valence-corrected chi connectivity index (χ2v) is 8.93. The molecular weight excluding hydrogens is 403 g/mol. The Morgan fingerprint density at radius 1 is 1.10 bits per heavy atom. The number of halogens is 3. The van der Waals surface area contributed by atoms with E-state index in [2.05, 4.69) is 5.32 Å². The number of benzene rings is 1. The van der Waals surface area contributed by atoms with E-state index in [-0.39, 0.29) is 23.7 Å². The molecule has 1 aromatic heterocycles. The summed E-state index contributed by atoms with van der Waals surface area (Å²) in [4.78, 5) is 26.9. The quantitative estimate of drug-likeness (QED) is 0.699. The van der Waals surface area contributed by atoms with Gasteiger partial charge in [0.1, 0.15) is 0 Å². The third-order valence-corrected chi connectivity index (χ3v) is 5.82. The fourth-order valence-corrected chi connectivity index (χ4v) is 4.48. The van der Waals surface area contributed by atoms with Crippen molar-refractivity contribution in [3.63, 3.8) is 0 Å². The highest BCUT2D eigenvalue weighted by molar-refractivity contribution is 7.10. The molecule has 9 heteroatoms. The van der Waals surface area contributed by atoms with Crippen LogP contribution in [0, 0.1) is 5.41 Å². The molecule has 1 aromatic carbocycles. The van der Waals surface area contributed by atoms with Crippen molar-refractivity contribution in [1.82, 2.24) is 15.5 Å². The van der Waals surface area contributed by atoms with Crippen molar-refractivity contribution in [2.45, 2.75) is 38.5 Å². The van der Waals surface area contributed by atoms with Gasteiger partial charge in [-0.1, -0.05) is 57.2 Å². The summed E-state index contributed by atoms with van der Waals surface area (Å²) in [5, 5.41) is 6.89. The van der Waals surface area contributed by atoms with Crippen LogP contribution in [-0.4, -0.2) is 29.7 Å². The van der Waals surface area contributed by atoms with Gasteiger partial charge in [0.15, 0.2) is 0 Å². The summed E-state index contributed by atoms with van der Waals surface area (Å²) in [7, 11) is 0. The van der Waals surface area contributed by atoms with Gasteiger partial charge in [0.05, 0.1) is 6.67 Å². The molecule has 156 valence electrons. The van der Waals surface area contributed by atoms with Gasteiger partial charge < -0.3 is 5.32 Å². The number of nitrogens with one attached hydrogen (secondary N) is 2. The van der Waals surface area contributed by atoms with Crippen molar-refractivity contribution in [3.8, 4) is 0 Å². The molecule has 0 radical (unpaired) electrons. The number of thiophene rings is 1. The molecule has 1 saturated heterocycles. The molecule has 29 heavy (non-hydrogen) atoms. The van der Waals surface area contributed by atoms with Crippen LogP contribution in [-0.2, 0) is 10.3 Å². The summed E-state index contributed by atoms with van der Waals surface area (Å²) < 4.78 is 42.1. The molecule has 2 heterocycles. The molecule has 1 aliphatic heterocycles. The summed E-state index contributed by atoms with van der Waals surface area (Å²) in [6.07, 6.45) is -4.99. The van der Waals surface area contributed by atoms with E-state index in [4.69, 9.17) is 0 Å². The number of urea groups is 1. The highest BCUT2D eigenvalue weighted by atomic mass is 32.1. The first-order valence-electron chi connectivity index (χ1n) is 9.01. The molecule has 2 atom stereocenters. The summed E-state index contributed by atoms with van der Waals surface area (Å²) in [6, 6.07) is 9.16. The third kappa shape index (κ3) is 3.76. The monoisotopic (exact) mass is 425 g/mol. The second kappa shape index (κ2) is 7.46. The van der Waals surface area contributed by atoms with Crippen LogP contribution >= 0.6 is 11.3 Å². The third-order valence-electron chi connectivity index (χ3n) is 4.88. The predicted octanol–water partition coefficient (Wildman–Crippen LogP) is 4.39. The number of hydrogen-bond donors (Lipinski definition) is 2. The molecule has 0 spiro atoms. The van der Waals surface area contributed by atoms with E-state index >= 15 is 0 Å². The van der Waals surface area contributed by atoms with Crippen LogP contribution in [0.2, 0.25) is 0 Å². The molecule has 0 bridgehead atoms. The average Bonchev–Trinajstić information content (AvgIpc) is 3.23. The summed E-state index contributed by atoms with van der Waals surface area (Å²) in [5.74, 6) is -1.34. The Hall–Kier alpha value is -2.39. The number of hydrogen-bond acceptors (Lipinski definition) is 4. The highest BCUT2D eigenvalue weighted by Gasteiger charge is 2.68. The minimum absolute atomic E-state index is 0.249. The summed E-state index contributed by atoms with van der Waals surface area (Å²) in [6.45, 7) is 5.58. The minimum atomic E-state index is -4.99. The Balaban J connectivity index is 1.90. The van der Waals surface area contributed by atoms with E-state index in [0.717, 1.165) is 4.88 Å². The number of alkyl halides is 3. The Labute approximate surface area is 170 Å². The van der Waals surface area contributed by atoms with Crippen molar-refractivity contribution < 1.29 is 22.8 Å². The fraction of sp³-hybridized carbons (Fsp3) is 0.400. The summed E-state index contributed by atoms with van der Waals surface area (Å²) in [5.41, 5.74) is -3.70. The molecule has 3 amide bonds. The van der Waals surface area contributed by atoms with E-state index < -0.39 is 23.7 Å². The van der Waals surface area contributed by atoms with Crippen LogP contribution in [0.5, 0.6) is 0 Å².